The highest BCUT2D eigenvalue weighted by Crippen LogP contribution is 2.41. The summed E-state index contributed by atoms with van der Waals surface area (Å²) in [6.45, 7) is 5.38. The van der Waals surface area contributed by atoms with Crippen LogP contribution in [0.2, 0.25) is 0 Å². The first-order chi connectivity index (χ1) is 11.5. The number of benzene rings is 1. The maximum atomic E-state index is 12.4. The Morgan fingerprint density at radius 2 is 2.21 bits per heavy atom. The van der Waals surface area contributed by atoms with E-state index in [0.29, 0.717) is 27.2 Å². The summed E-state index contributed by atoms with van der Waals surface area (Å²) in [4.78, 5) is 28.1. The number of nitrogens with one attached hydrogen (secondary N) is 1. The van der Waals surface area contributed by atoms with Crippen LogP contribution in [-0.2, 0) is 9.53 Å². The van der Waals surface area contributed by atoms with Crippen LogP contribution in [0.3, 0.4) is 0 Å². The largest absolute Gasteiger partial charge is 0.461 e. The molecule has 1 aromatic rings. The summed E-state index contributed by atoms with van der Waals surface area (Å²) in [5.74, 6) is -0.0604. The van der Waals surface area contributed by atoms with E-state index >= 15 is 0 Å². The molecule has 0 fully saturated rings. The molecule has 0 saturated carbocycles. The Balaban J connectivity index is 2.00. The van der Waals surface area contributed by atoms with Crippen molar-refractivity contribution in [2.24, 2.45) is 10.9 Å². The predicted molar refractivity (Wildman–Crippen MR) is 89.3 cm³/mol. The number of amides is 2. The summed E-state index contributed by atoms with van der Waals surface area (Å²) in [5, 5.41) is 2.72. The quantitative estimate of drug-likeness (QED) is 0.626. The van der Waals surface area contributed by atoms with Gasteiger partial charge in [-0.3, -0.25) is 4.79 Å². The van der Waals surface area contributed by atoms with E-state index < -0.39 is 24.0 Å². The van der Waals surface area contributed by atoms with Crippen molar-refractivity contribution in [1.29, 1.82) is 0 Å². The molecule has 2 heterocycles. The Morgan fingerprint density at radius 1 is 1.50 bits per heavy atom. The maximum Gasteiger partial charge on any atom is 0.341 e. The monoisotopic (exact) mass is 394 g/mol. The van der Waals surface area contributed by atoms with Gasteiger partial charge in [-0.05, 0) is 24.6 Å². The van der Waals surface area contributed by atoms with E-state index in [2.05, 4.69) is 32.8 Å². The number of rotatable bonds is 4. The molecule has 7 nitrogen and oxygen atoms in total. The Hall–Kier alpha value is -2.35. The van der Waals surface area contributed by atoms with Crippen LogP contribution in [0.4, 0.5) is 4.79 Å². The number of hydrogen-bond donors (Lipinski definition) is 1. The van der Waals surface area contributed by atoms with E-state index in [1.165, 1.54) is 6.08 Å². The highest BCUT2D eigenvalue weighted by Gasteiger charge is 2.39. The number of aliphatic imine (C=N–C) groups is 1. The van der Waals surface area contributed by atoms with Gasteiger partial charge in [-0.2, -0.15) is 0 Å². The van der Waals surface area contributed by atoms with Gasteiger partial charge in [-0.15, -0.1) is 0 Å². The summed E-state index contributed by atoms with van der Waals surface area (Å²) in [5.41, 5.74) is 1.07. The Morgan fingerprint density at radius 3 is 2.92 bits per heavy atom. The summed E-state index contributed by atoms with van der Waals surface area (Å²) in [7, 11) is 0. The second kappa shape index (κ2) is 6.64. The molecule has 126 valence electrons. The molecular formula is C16H15BrN2O5. The zero-order valence-electron chi connectivity index (χ0n) is 12.9. The summed E-state index contributed by atoms with van der Waals surface area (Å²) in [6, 6.07) is 2.35. The number of fused-ring (bicyclic) bond motifs is 1. The minimum atomic E-state index is -0.737. The van der Waals surface area contributed by atoms with Crippen molar-refractivity contribution in [2.45, 2.75) is 13.0 Å². The number of ether oxygens (including phenoxy) is 3. The molecule has 8 heteroatoms. The Bertz CT molecular complexity index is 746. The van der Waals surface area contributed by atoms with Crippen molar-refractivity contribution < 1.29 is 23.8 Å². The lowest BCUT2D eigenvalue weighted by Gasteiger charge is -2.30. The average molecular weight is 395 g/mol. The van der Waals surface area contributed by atoms with Crippen LogP contribution in [0.15, 0.2) is 34.3 Å². The standard InChI is InChI=1S/C16H15BrN2O5/c1-3-4-22-15(20)13-8(2)18-16(21)19-14(13)9-5-11-12(6-10(9)17)24-7-23-11/h3,5-6,13-14H,1,4,7H2,2H3,(H,19,21). The summed E-state index contributed by atoms with van der Waals surface area (Å²) in [6.07, 6.45) is 1.48. The minimum Gasteiger partial charge on any atom is -0.461 e. The van der Waals surface area contributed by atoms with Crippen molar-refractivity contribution in [3.05, 3.63) is 34.8 Å². The molecular weight excluding hydrogens is 380 g/mol. The van der Waals surface area contributed by atoms with Gasteiger partial charge in [-0.1, -0.05) is 28.6 Å². The molecule has 2 aliphatic rings. The third-order valence-corrected chi connectivity index (χ3v) is 4.45. The van der Waals surface area contributed by atoms with E-state index in [4.69, 9.17) is 14.2 Å². The summed E-state index contributed by atoms with van der Waals surface area (Å²) < 4.78 is 16.6. The van der Waals surface area contributed by atoms with Crippen molar-refractivity contribution in [2.75, 3.05) is 13.4 Å². The number of esters is 1. The fourth-order valence-electron chi connectivity index (χ4n) is 2.69. The first kappa shape index (κ1) is 16.5. The molecule has 0 aromatic heterocycles. The van der Waals surface area contributed by atoms with Crippen molar-refractivity contribution in [3.63, 3.8) is 0 Å². The third kappa shape index (κ3) is 3.01. The molecule has 0 saturated heterocycles. The minimum absolute atomic E-state index is 0.0889. The SMILES string of the molecule is C=CCOC(=O)C1C(C)=NC(=O)NC1c1cc2c(cc1Br)OCO2. The maximum absolute atomic E-state index is 12.4. The van der Waals surface area contributed by atoms with Crippen molar-refractivity contribution >= 4 is 33.6 Å². The molecule has 2 unspecified atom stereocenters. The fraction of sp³-hybridized carbons (Fsp3) is 0.312. The van der Waals surface area contributed by atoms with E-state index in [1.807, 2.05) is 0 Å². The molecule has 2 amide bonds. The average Bonchev–Trinajstić information content (AvgIpc) is 2.98. The molecule has 2 atom stereocenters. The van der Waals surface area contributed by atoms with Crippen LogP contribution in [0.1, 0.15) is 18.5 Å². The van der Waals surface area contributed by atoms with Crippen LogP contribution in [-0.4, -0.2) is 31.1 Å². The lowest BCUT2D eigenvalue weighted by atomic mass is 9.88. The highest BCUT2D eigenvalue weighted by atomic mass is 79.9. The molecule has 3 rings (SSSR count). The smallest absolute Gasteiger partial charge is 0.341 e. The van der Waals surface area contributed by atoms with Gasteiger partial charge in [0, 0.05) is 10.2 Å². The Kier molecular flexibility index (Phi) is 4.57. The molecule has 0 bridgehead atoms. The number of carbonyl (C=O) groups excluding carboxylic acids is 2. The predicted octanol–water partition coefficient (Wildman–Crippen LogP) is 2.75. The fourth-order valence-corrected chi connectivity index (χ4v) is 3.25. The van der Waals surface area contributed by atoms with Crippen LogP contribution in [0.5, 0.6) is 11.5 Å². The van der Waals surface area contributed by atoms with Crippen molar-refractivity contribution in [3.8, 4) is 11.5 Å². The zero-order chi connectivity index (χ0) is 17.3. The van der Waals surface area contributed by atoms with E-state index in [0.717, 1.165) is 0 Å². The van der Waals surface area contributed by atoms with Crippen molar-refractivity contribution in [1.82, 2.24) is 5.32 Å². The molecule has 0 radical (unpaired) electrons. The number of carbonyl (C=O) groups is 2. The van der Waals surface area contributed by atoms with Gasteiger partial charge >= 0.3 is 12.0 Å². The van der Waals surface area contributed by atoms with Gasteiger partial charge in [-0.25, -0.2) is 9.79 Å². The highest BCUT2D eigenvalue weighted by molar-refractivity contribution is 9.10. The molecule has 0 aliphatic carbocycles. The first-order valence-electron chi connectivity index (χ1n) is 7.23. The van der Waals surface area contributed by atoms with Gasteiger partial charge in [0.25, 0.3) is 0 Å². The summed E-state index contributed by atoms with van der Waals surface area (Å²) >= 11 is 3.46. The molecule has 1 aromatic carbocycles. The van der Waals surface area contributed by atoms with Crippen LogP contribution < -0.4 is 14.8 Å². The van der Waals surface area contributed by atoms with Gasteiger partial charge in [0.1, 0.15) is 12.5 Å². The molecule has 0 spiro atoms. The van der Waals surface area contributed by atoms with E-state index in [1.54, 1.807) is 19.1 Å². The molecule has 24 heavy (non-hydrogen) atoms. The number of hydrogen-bond acceptors (Lipinski definition) is 5. The lowest BCUT2D eigenvalue weighted by molar-refractivity contribution is -0.145. The second-order valence-electron chi connectivity index (χ2n) is 5.30. The number of nitrogens with zero attached hydrogens (tertiary/aromatic N) is 1. The van der Waals surface area contributed by atoms with Gasteiger partial charge in [0.05, 0.1) is 6.04 Å². The van der Waals surface area contributed by atoms with E-state index in [-0.39, 0.29) is 13.4 Å². The number of urea groups is 1. The lowest BCUT2D eigenvalue weighted by Crippen LogP contribution is -2.44. The number of halogens is 1. The molecule has 2 aliphatic heterocycles. The Labute approximate surface area is 146 Å². The normalized spacial score (nSPS) is 21.8. The van der Waals surface area contributed by atoms with Crippen LogP contribution in [0.25, 0.3) is 0 Å². The van der Waals surface area contributed by atoms with Crippen LogP contribution >= 0.6 is 15.9 Å². The first-order valence-corrected chi connectivity index (χ1v) is 8.03. The third-order valence-electron chi connectivity index (χ3n) is 3.76. The van der Waals surface area contributed by atoms with Gasteiger partial charge in [0.2, 0.25) is 6.79 Å². The zero-order valence-corrected chi connectivity index (χ0v) is 14.5. The van der Waals surface area contributed by atoms with Crippen LogP contribution in [0, 0.1) is 5.92 Å². The second-order valence-corrected chi connectivity index (χ2v) is 6.16. The van der Waals surface area contributed by atoms with Gasteiger partial charge in [0.15, 0.2) is 11.5 Å². The molecule has 1 N–H and O–H groups in total. The van der Waals surface area contributed by atoms with E-state index in [9.17, 15) is 9.59 Å². The topological polar surface area (TPSA) is 86.2 Å². The van der Waals surface area contributed by atoms with Gasteiger partial charge < -0.3 is 19.5 Å².